The molecule has 0 bridgehead atoms. The van der Waals surface area contributed by atoms with Crippen molar-refractivity contribution in [2.24, 2.45) is 0 Å². The molecule has 1 aliphatic rings. The highest BCUT2D eigenvalue weighted by atomic mass is 35.5. The number of amides is 4. The van der Waals surface area contributed by atoms with E-state index in [9.17, 15) is 14.4 Å². The Morgan fingerprint density at radius 3 is 2.77 bits per heavy atom. The number of nitrogens with zero attached hydrogens (tertiary/aromatic N) is 2. The predicted molar refractivity (Wildman–Crippen MR) is 95.0 cm³/mol. The third-order valence-electron chi connectivity index (χ3n) is 4.00. The monoisotopic (exact) mass is 372 g/mol. The van der Waals surface area contributed by atoms with Gasteiger partial charge in [-0.15, -0.1) is 0 Å². The lowest BCUT2D eigenvalue weighted by atomic mass is 10.1. The van der Waals surface area contributed by atoms with Gasteiger partial charge in [-0.1, -0.05) is 35.9 Å². The molecule has 1 aliphatic heterocycles. The number of nitrogens with one attached hydrogen (secondary N) is 2. The van der Waals surface area contributed by atoms with Gasteiger partial charge in [0.05, 0.1) is 13.0 Å². The predicted octanol–water partition coefficient (Wildman–Crippen LogP) is 1.86. The molecule has 1 fully saturated rings. The van der Waals surface area contributed by atoms with Gasteiger partial charge < -0.3 is 10.6 Å². The Hall–Kier alpha value is -2.93. The first-order valence-corrected chi connectivity index (χ1v) is 8.43. The Kier molecular flexibility index (Phi) is 5.48. The van der Waals surface area contributed by atoms with Gasteiger partial charge in [-0.2, -0.15) is 0 Å². The Morgan fingerprint density at radius 1 is 1.23 bits per heavy atom. The molecule has 7 nitrogen and oxygen atoms in total. The number of benzene rings is 1. The van der Waals surface area contributed by atoms with Crippen molar-refractivity contribution in [1.82, 2.24) is 20.5 Å². The maximum absolute atomic E-state index is 12.5. The molecule has 1 aromatic carbocycles. The van der Waals surface area contributed by atoms with Crippen LogP contribution in [0, 0.1) is 0 Å². The highest BCUT2D eigenvalue weighted by Crippen LogP contribution is 2.20. The van der Waals surface area contributed by atoms with Crippen molar-refractivity contribution in [1.29, 1.82) is 0 Å². The lowest BCUT2D eigenvalue weighted by molar-refractivity contribution is -0.131. The summed E-state index contributed by atoms with van der Waals surface area (Å²) >= 11 is 6.08. The molecule has 8 heteroatoms. The van der Waals surface area contributed by atoms with Gasteiger partial charge in [-0.3, -0.25) is 19.5 Å². The first-order valence-electron chi connectivity index (χ1n) is 8.05. The minimum absolute atomic E-state index is 0.0676. The second-order valence-corrected chi connectivity index (χ2v) is 6.27. The Morgan fingerprint density at radius 2 is 2.04 bits per heavy atom. The summed E-state index contributed by atoms with van der Waals surface area (Å²) in [7, 11) is 0. The van der Waals surface area contributed by atoms with Crippen LogP contribution in [0.25, 0.3) is 0 Å². The molecule has 1 atom stereocenters. The number of carbonyl (C=O) groups excluding carboxylic acids is 3. The molecule has 2 aromatic rings. The number of aromatic nitrogens is 1. The first-order chi connectivity index (χ1) is 12.5. The average molecular weight is 373 g/mol. The number of rotatable bonds is 6. The standard InChI is InChI=1S/C18H17ClN4O3/c19-14-6-2-1-5-13(14)11-23-17(25)15(22-18(23)26)8-16(24)21-10-12-4-3-7-20-9-12/h1-7,9,15H,8,10-11H2,(H,21,24)(H,22,26)/t15-/m1/s1. The van der Waals surface area contributed by atoms with Crippen molar-refractivity contribution < 1.29 is 14.4 Å². The van der Waals surface area contributed by atoms with Crippen LogP contribution < -0.4 is 10.6 Å². The van der Waals surface area contributed by atoms with Gasteiger partial charge in [0.25, 0.3) is 5.91 Å². The zero-order chi connectivity index (χ0) is 18.5. The Bertz CT molecular complexity index is 828. The third kappa shape index (κ3) is 4.18. The van der Waals surface area contributed by atoms with E-state index >= 15 is 0 Å². The van der Waals surface area contributed by atoms with Crippen molar-refractivity contribution in [3.05, 3.63) is 64.9 Å². The van der Waals surface area contributed by atoms with Crippen LogP contribution in [0.2, 0.25) is 5.02 Å². The van der Waals surface area contributed by atoms with Crippen molar-refractivity contribution in [2.75, 3.05) is 0 Å². The fourth-order valence-corrected chi connectivity index (χ4v) is 2.82. The first kappa shape index (κ1) is 17.9. The van der Waals surface area contributed by atoms with E-state index in [-0.39, 0.29) is 18.9 Å². The summed E-state index contributed by atoms with van der Waals surface area (Å²) in [6.45, 7) is 0.378. The van der Waals surface area contributed by atoms with Crippen molar-refractivity contribution >= 4 is 29.4 Å². The molecule has 2 heterocycles. The van der Waals surface area contributed by atoms with E-state index < -0.39 is 18.0 Å². The third-order valence-corrected chi connectivity index (χ3v) is 4.36. The summed E-state index contributed by atoms with van der Waals surface area (Å²) in [5, 5.41) is 5.73. The van der Waals surface area contributed by atoms with Gasteiger partial charge in [0.1, 0.15) is 6.04 Å². The maximum atomic E-state index is 12.5. The van der Waals surface area contributed by atoms with E-state index in [1.54, 1.807) is 42.7 Å². The topological polar surface area (TPSA) is 91.4 Å². The normalized spacial score (nSPS) is 16.5. The fraction of sp³-hybridized carbons (Fsp3) is 0.222. The summed E-state index contributed by atoms with van der Waals surface area (Å²) < 4.78 is 0. The molecule has 2 N–H and O–H groups in total. The van der Waals surface area contributed by atoms with Crippen LogP contribution in [0.15, 0.2) is 48.8 Å². The number of imide groups is 1. The lowest BCUT2D eigenvalue weighted by Gasteiger charge is -2.14. The smallest absolute Gasteiger partial charge is 0.325 e. The molecule has 0 aliphatic carbocycles. The molecular weight excluding hydrogens is 356 g/mol. The van der Waals surface area contributed by atoms with Gasteiger partial charge in [0.15, 0.2) is 0 Å². The molecule has 26 heavy (non-hydrogen) atoms. The van der Waals surface area contributed by atoms with Crippen molar-refractivity contribution in [2.45, 2.75) is 25.6 Å². The van der Waals surface area contributed by atoms with Crippen LogP contribution in [-0.4, -0.2) is 33.8 Å². The van der Waals surface area contributed by atoms with Crippen LogP contribution in [0.3, 0.4) is 0 Å². The molecule has 0 unspecified atom stereocenters. The minimum Gasteiger partial charge on any atom is -0.352 e. The highest BCUT2D eigenvalue weighted by molar-refractivity contribution is 6.31. The summed E-state index contributed by atoms with van der Waals surface area (Å²) in [5.74, 6) is -0.765. The highest BCUT2D eigenvalue weighted by Gasteiger charge is 2.39. The van der Waals surface area contributed by atoms with Gasteiger partial charge >= 0.3 is 6.03 Å². The SMILES string of the molecule is O=C(C[C@H]1NC(=O)N(Cc2ccccc2Cl)C1=O)NCc1cccnc1. The molecule has 4 amide bonds. The minimum atomic E-state index is -0.876. The zero-order valence-electron chi connectivity index (χ0n) is 13.8. The zero-order valence-corrected chi connectivity index (χ0v) is 14.6. The van der Waals surface area contributed by atoms with Gasteiger partial charge in [0.2, 0.25) is 5.91 Å². The second kappa shape index (κ2) is 7.97. The Balaban J connectivity index is 1.56. The Labute approximate surface area is 155 Å². The van der Waals surface area contributed by atoms with Crippen LogP contribution >= 0.6 is 11.6 Å². The van der Waals surface area contributed by atoms with E-state index in [0.717, 1.165) is 10.5 Å². The van der Waals surface area contributed by atoms with Crippen LogP contribution in [0.1, 0.15) is 17.5 Å². The summed E-state index contributed by atoms with van der Waals surface area (Å²) in [6.07, 6.45) is 3.17. The molecule has 3 rings (SSSR count). The molecule has 134 valence electrons. The van der Waals surface area contributed by atoms with Crippen molar-refractivity contribution in [3.8, 4) is 0 Å². The molecule has 0 spiro atoms. The van der Waals surface area contributed by atoms with E-state index in [1.807, 2.05) is 6.07 Å². The largest absolute Gasteiger partial charge is 0.352 e. The molecule has 1 saturated heterocycles. The molecule has 0 saturated carbocycles. The molecule has 1 aromatic heterocycles. The van der Waals surface area contributed by atoms with E-state index in [2.05, 4.69) is 15.6 Å². The summed E-state index contributed by atoms with van der Waals surface area (Å²) in [4.78, 5) is 41.6. The second-order valence-electron chi connectivity index (χ2n) is 5.86. The van der Waals surface area contributed by atoms with Gasteiger partial charge in [-0.05, 0) is 23.3 Å². The number of hydrogen-bond acceptors (Lipinski definition) is 4. The molecular formula is C18H17ClN4O3. The molecule has 0 radical (unpaired) electrons. The number of carbonyl (C=O) groups is 3. The van der Waals surface area contributed by atoms with Gasteiger partial charge in [-0.25, -0.2) is 4.79 Å². The van der Waals surface area contributed by atoms with Crippen LogP contribution in [-0.2, 0) is 22.7 Å². The quantitative estimate of drug-likeness (QED) is 0.757. The lowest BCUT2D eigenvalue weighted by Crippen LogP contribution is -2.36. The number of pyridine rings is 1. The van der Waals surface area contributed by atoms with Crippen LogP contribution in [0.5, 0.6) is 0 Å². The summed E-state index contributed by atoms with van der Waals surface area (Å²) in [6, 6.07) is 9.19. The maximum Gasteiger partial charge on any atom is 0.325 e. The average Bonchev–Trinajstić information content (AvgIpc) is 2.90. The van der Waals surface area contributed by atoms with Crippen LogP contribution in [0.4, 0.5) is 4.79 Å². The van der Waals surface area contributed by atoms with E-state index in [0.29, 0.717) is 17.1 Å². The summed E-state index contributed by atoms with van der Waals surface area (Å²) in [5.41, 5.74) is 1.52. The fourth-order valence-electron chi connectivity index (χ4n) is 2.62. The number of hydrogen-bond donors (Lipinski definition) is 2. The van der Waals surface area contributed by atoms with E-state index in [4.69, 9.17) is 11.6 Å². The van der Waals surface area contributed by atoms with E-state index in [1.165, 1.54) is 0 Å². The van der Waals surface area contributed by atoms with Crippen molar-refractivity contribution in [3.63, 3.8) is 0 Å². The number of halogens is 1. The number of urea groups is 1. The van der Waals surface area contributed by atoms with Gasteiger partial charge in [0, 0.05) is 24.0 Å².